The molecule has 1 aromatic carbocycles. The number of rotatable bonds is 2. The number of pyridine rings is 2. The number of nitrogens with one attached hydrogen (secondary N) is 1. The third kappa shape index (κ3) is 2.20. The smallest absolute Gasteiger partial charge is 0.264 e. The summed E-state index contributed by atoms with van der Waals surface area (Å²) in [4.78, 5) is 29.5. The van der Waals surface area contributed by atoms with Gasteiger partial charge in [0.25, 0.3) is 5.56 Å². The van der Waals surface area contributed by atoms with Crippen LogP contribution in [0.5, 0.6) is 0 Å². The Labute approximate surface area is 140 Å². The van der Waals surface area contributed by atoms with Crippen molar-refractivity contribution in [1.29, 1.82) is 0 Å². The van der Waals surface area contributed by atoms with E-state index < -0.39 is 0 Å². The highest BCUT2D eigenvalue weighted by molar-refractivity contribution is 5.92. The summed E-state index contributed by atoms with van der Waals surface area (Å²) >= 11 is 0. The predicted octanol–water partition coefficient (Wildman–Crippen LogP) is 4.08. The first-order valence-electron chi connectivity index (χ1n) is 8.78. The van der Waals surface area contributed by atoms with Crippen molar-refractivity contribution >= 4 is 21.8 Å². The number of fused-ring (bicyclic) bond motifs is 2. The molecule has 2 aromatic heterocycles. The minimum Gasteiger partial charge on any atom is -0.354 e. The van der Waals surface area contributed by atoms with Crippen molar-refractivity contribution in [3.8, 4) is 0 Å². The van der Waals surface area contributed by atoms with E-state index in [9.17, 15) is 9.59 Å². The van der Waals surface area contributed by atoms with E-state index in [1.165, 1.54) is 0 Å². The van der Waals surface area contributed by atoms with Gasteiger partial charge in [-0.05, 0) is 37.0 Å². The molecule has 0 unspecified atom stereocenters. The number of aromatic nitrogens is 2. The summed E-state index contributed by atoms with van der Waals surface area (Å²) in [5.41, 5.74) is 2.16. The molecule has 0 spiro atoms. The van der Waals surface area contributed by atoms with Crippen molar-refractivity contribution < 1.29 is 0 Å². The van der Waals surface area contributed by atoms with E-state index >= 15 is 0 Å². The summed E-state index contributed by atoms with van der Waals surface area (Å²) in [5.74, 6) is 0.234. The Morgan fingerprint density at radius 3 is 2.50 bits per heavy atom. The van der Waals surface area contributed by atoms with Gasteiger partial charge in [0.15, 0.2) is 0 Å². The molecule has 4 nitrogen and oxygen atoms in total. The Morgan fingerprint density at radius 2 is 1.79 bits per heavy atom. The molecule has 2 heterocycles. The molecule has 24 heavy (non-hydrogen) atoms. The SMILES string of the molecule is CC(C)c1cc2[nH]c3ccccc3c(=O)c2c(=O)n1C1CCCC1. The van der Waals surface area contributed by atoms with Crippen LogP contribution >= 0.6 is 0 Å². The van der Waals surface area contributed by atoms with Crippen LogP contribution in [-0.2, 0) is 0 Å². The fraction of sp³-hybridized carbons (Fsp3) is 0.400. The molecule has 1 saturated carbocycles. The second-order valence-corrected chi connectivity index (χ2v) is 7.13. The van der Waals surface area contributed by atoms with E-state index in [0.717, 1.165) is 36.9 Å². The van der Waals surface area contributed by atoms with Crippen LogP contribution in [0.1, 0.15) is 57.2 Å². The van der Waals surface area contributed by atoms with Crippen molar-refractivity contribution in [2.75, 3.05) is 0 Å². The van der Waals surface area contributed by atoms with Gasteiger partial charge in [0.2, 0.25) is 5.43 Å². The normalized spacial score (nSPS) is 15.8. The molecule has 1 N–H and O–H groups in total. The highest BCUT2D eigenvalue weighted by Crippen LogP contribution is 2.31. The van der Waals surface area contributed by atoms with Crippen LogP contribution in [0.25, 0.3) is 21.8 Å². The number of H-pyrrole nitrogens is 1. The molecule has 1 fully saturated rings. The van der Waals surface area contributed by atoms with Crippen LogP contribution in [0.2, 0.25) is 0 Å². The molecule has 0 radical (unpaired) electrons. The van der Waals surface area contributed by atoms with E-state index in [-0.39, 0.29) is 22.9 Å². The maximum Gasteiger partial charge on any atom is 0.264 e. The van der Waals surface area contributed by atoms with Crippen molar-refractivity contribution in [1.82, 2.24) is 9.55 Å². The first-order valence-corrected chi connectivity index (χ1v) is 8.78. The fourth-order valence-corrected chi connectivity index (χ4v) is 4.01. The average Bonchev–Trinajstić information content (AvgIpc) is 3.08. The van der Waals surface area contributed by atoms with Crippen molar-refractivity contribution in [3.05, 3.63) is 56.6 Å². The minimum atomic E-state index is -0.161. The van der Waals surface area contributed by atoms with E-state index in [1.807, 2.05) is 28.8 Å². The first-order chi connectivity index (χ1) is 11.6. The van der Waals surface area contributed by atoms with Gasteiger partial charge < -0.3 is 9.55 Å². The molecular formula is C20H22N2O2. The Bertz CT molecular complexity index is 1040. The lowest BCUT2D eigenvalue weighted by Crippen LogP contribution is -2.30. The Kier molecular flexibility index (Phi) is 3.56. The highest BCUT2D eigenvalue weighted by atomic mass is 16.1. The van der Waals surface area contributed by atoms with Crippen LogP contribution in [-0.4, -0.2) is 9.55 Å². The van der Waals surface area contributed by atoms with Gasteiger partial charge in [-0.3, -0.25) is 9.59 Å². The van der Waals surface area contributed by atoms with Crippen LogP contribution in [0, 0.1) is 0 Å². The molecule has 0 atom stereocenters. The third-order valence-electron chi connectivity index (χ3n) is 5.22. The summed E-state index contributed by atoms with van der Waals surface area (Å²) < 4.78 is 1.91. The molecule has 1 aliphatic rings. The van der Waals surface area contributed by atoms with Gasteiger partial charge in [0.05, 0.1) is 5.52 Å². The second-order valence-electron chi connectivity index (χ2n) is 7.13. The molecule has 0 bridgehead atoms. The lowest BCUT2D eigenvalue weighted by molar-refractivity contribution is 0.476. The van der Waals surface area contributed by atoms with Crippen molar-refractivity contribution in [2.45, 2.75) is 51.5 Å². The summed E-state index contributed by atoms with van der Waals surface area (Å²) in [6.07, 6.45) is 4.36. The maximum absolute atomic E-state index is 13.2. The van der Waals surface area contributed by atoms with Gasteiger partial charge in [-0.25, -0.2) is 0 Å². The maximum atomic E-state index is 13.2. The van der Waals surface area contributed by atoms with Gasteiger partial charge in [-0.15, -0.1) is 0 Å². The second kappa shape index (κ2) is 5.62. The van der Waals surface area contributed by atoms with E-state index in [4.69, 9.17) is 0 Å². The number of para-hydroxylation sites is 1. The fourth-order valence-electron chi connectivity index (χ4n) is 4.01. The lowest BCUT2D eigenvalue weighted by Gasteiger charge is -2.22. The van der Waals surface area contributed by atoms with Crippen molar-refractivity contribution in [3.63, 3.8) is 0 Å². The zero-order chi connectivity index (χ0) is 16.8. The van der Waals surface area contributed by atoms with Gasteiger partial charge in [0, 0.05) is 22.6 Å². The van der Waals surface area contributed by atoms with Crippen LogP contribution in [0.15, 0.2) is 39.9 Å². The quantitative estimate of drug-likeness (QED) is 0.723. The molecule has 0 saturated heterocycles. The number of aromatic amines is 1. The Balaban J connectivity index is 2.15. The Hall–Kier alpha value is -2.36. The molecule has 4 heteroatoms. The third-order valence-corrected chi connectivity index (χ3v) is 5.22. The molecule has 4 rings (SSSR count). The van der Waals surface area contributed by atoms with Gasteiger partial charge in [-0.1, -0.05) is 38.8 Å². The number of hydrogen-bond donors (Lipinski definition) is 1. The first kappa shape index (κ1) is 15.2. The predicted molar refractivity (Wildman–Crippen MR) is 97.9 cm³/mol. The largest absolute Gasteiger partial charge is 0.354 e. The van der Waals surface area contributed by atoms with E-state index in [2.05, 4.69) is 18.8 Å². The molecule has 1 aliphatic carbocycles. The molecule has 124 valence electrons. The average molecular weight is 322 g/mol. The highest BCUT2D eigenvalue weighted by Gasteiger charge is 2.24. The lowest BCUT2D eigenvalue weighted by atomic mass is 10.0. The molecule has 0 amide bonds. The summed E-state index contributed by atoms with van der Waals surface area (Å²) in [6, 6.07) is 9.63. The monoisotopic (exact) mass is 322 g/mol. The topological polar surface area (TPSA) is 54.9 Å². The van der Waals surface area contributed by atoms with E-state index in [1.54, 1.807) is 6.07 Å². The van der Waals surface area contributed by atoms with E-state index in [0.29, 0.717) is 16.3 Å². The van der Waals surface area contributed by atoms with Crippen LogP contribution < -0.4 is 11.0 Å². The van der Waals surface area contributed by atoms with Gasteiger partial charge >= 0.3 is 0 Å². The minimum absolute atomic E-state index is 0.130. The Morgan fingerprint density at radius 1 is 1.08 bits per heavy atom. The number of benzene rings is 1. The van der Waals surface area contributed by atoms with Crippen LogP contribution in [0.3, 0.4) is 0 Å². The van der Waals surface area contributed by atoms with Gasteiger partial charge in [-0.2, -0.15) is 0 Å². The zero-order valence-electron chi connectivity index (χ0n) is 14.1. The molecular weight excluding hydrogens is 300 g/mol. The van der Waals surface area contributed by atoms with Gasteiger partial charge in [0.1, 0.15) is 5.39 Å². The summed E-state index contributed by atoms with van der Waals surface area (Å²) in [6.45, 7) is 4.20. The summed E-state index contributed by atoms with van der Waals surface area (Å²) in [7, 11) is 0. The number of nitrogens with zero attached hydrogens (tertiary/aromatic N) is 1. The van der Waals surface area contributed by atoms with Crippen LogP contribution in [0.4, 0.5) is 0 Å². The zero-order valence-corrected chi connectivity index (χ0v) is 14.1. The summed E-state index contributed by atoms with van der Waals surface area (Å²) in [5, 5.41) is 0.877. The van der Waals surface area contributed by atoms with Crippen molar-refractivity contribution in [2.24, 2.45) is 0 Å². The molecule has 0 aliphatic heterocycles. The molecule has 3 aromatic rings. The standard InChI is InChI=1S/C20H22N2O2/c1-12(2)17-11-16-18(20(24)22(17)13-7-3-4-8-13)19(23)14-9-5-6-10-15(14)21-16/h5-6,9-13H,3-4,7-8H2,1-2H3,(H,21,23). The number of hydrogen-bond acceptors (Lipinski definition) is 2.